The van der Waals surface area contributed by atoms with Crippen molar-refractivity contribution in [2.75, 3.05) is 13.1 Å². The molecule has 1 heterocycles. The van der Waals surface area contributed by atoms with Crippen LogP contribution >= 0.6 is 0 Å². The topological polar surface area (TPSA) is 68.0 Å². The number of rotatable bonds is 2. The standard InChI is InChI=1S/C11H13N3O/c1-9-4-5-10(8-14-9)3-2-6-13-11(15)7-12/h4-5,8H,6-7,12H2,1H3,(H,13,15). The Hall–Kier alpha value is -1.86. The third kappa shape index (κ3) is 4.25. The summed E-state index contributed by atoms with van der Waals surface area (Å²) in [5.74, 6) is 5.49. The quantitative estimate of drug-likeness (QED) is 0.655. The van der Waals surface area contributed by atoms with E-state index in [0.29, 0.717) is 6.54 Å². The van der Waals surface area contributed by atoms with E-state index in [-0.39, 0.29) is 12.5 Å². The number of nitrogens with two attached hydrogens (primary N) is 1. The van der Waals surface area contributed by atoms with Crippen LogP contribution in [0.25, 0.3) is 0 Å². The second-order valence-electron chi connectivity index (χ2n) is 2.97. The van der Waals surface area contributed by atoms with Crippen molar-refractivity contribution < 1.29 is 4.79 Å². The highest BCUT2D eigenvalue weighted by Gasteiger charge is 1.91. The molecule has 0 aliphatic carbocycles. The summed E-state index contributed by atoms with van der Waals surface area (Å²) in [5.41, 5.74) is 6.90. The first kappa shape index (κ1) is 11.2. The first-order valence-corrected chi connectivity index (χ1v) is 4.60. The maximum absolute atomic E-state index is 10.8. The predicted molar refractivity (Wildman–Crippen MR) is 57.9 cm³/mol. The molecule has 0 fully saturated rings. The van der Waals surface area contributed by atoms with Crippen LogP contribution in [0.15, 0.2) is 18.3 Å². The molecule has 1 amide bonds. The van der Waals surface area contributed by atoms with E-state index in [1.165, 1.54) is 0 Å². The molecule has 0 saturated heterocycles. The molecule has 78 valence electrons. The number of hydrogen-bond donors (Lipinski definition) is 2. The molecule has 0 unspecified atom stereocenters. The Kier molecular flexibility index (Phi) is 4.32. The van der Waals surface area contributed by atoms with Crippen molar-refractivity contribution in [3.8, 4) is 11.8 Å². The Morgan fingerprint density at radius 2 is 2.40 bits per heavy atom. The summed E-state index contributed by atoms with van der Waals surface area (Å²) in [4.78, 5) is 14.9. The maximum Gasteiger partial charge on any atom is 0.234 e. The molecule has 0 aliphatic heterocycles. The van der Waals surface area contributed by atoms with Gasteiger partial charge in [-0.15, -0.1) is 0 Å². The molecular formula is C11H13N3O. The molecule has 0 bridgehead atoms. The monoisotopic (exact) mass is 203 g/mol. The molecule has 0 radical (unpaired) electrons. The van der Waals surface area contributed by atoms with Gasteiger partial charge in [0.15, 0.2) is 0 Å². The van der Waals surface area contributed by atoms with Crippen LogP contribution in [-0.2, 0) is 4.79 Å². The first-order valence-electron chi connectivity index (χ1n) is 4.60. The van der Waals surface area contributed by atoms with E-state index >= 15 is 0 Å². The largest absolute Gasteiger partial charge is 0.344 e. The second-order valence-corrected chi connectivity index (χ2v) is 2.97. The average Bonchev–Trinajstić information content (AvgIpc) is 2.26. The minimum atomic E-state index is -0.202. The van der Waals surface area contributed by atoms with E-state index in [1.807, 2.05) is 19.1 Å². The van der Waals surface area contributed by atoms with Crippen molar-refractivity contribution in [1.29, 1.82) is 0 Å². The zero-order valence-electron chi connectivity index (χ0n) is 8.58. The summed E-state index contributed by atoms with van der Waals surface area (Å²) in [5, 5.41) is 2.56. The van der Waals surface area contributed by atoms with Gasteiger partial charge in [0, 0.05) is 17.5 Å². The minimum Gasteiger partial charge on any atom is -0.344 e. The highest BCUT2D eigenvalue weighted by molar-refractivity contribution is 5.77. The number of aryl methyl sites for hydroxylation is 1. The van der Waals surface area contributed by atoms with Crippen LogP contribution in [0, 0.1) is 18.8 Å². The van der Waals surface area contributed by atoms with Gasteiger partial charge in [0.2, 0.25) is 5.91 Å². The summed E-state index contributed by atoms with van der Waals surface area (Å²) in [7, 11) is 0. The number of pyridine rings is 1. The fourth-order valence-corrected chi connectivity index (χ4v) is 0.903. The second kappa shape index (κ2) is 5.78. The molecule has 1 aromatic rings. The molecule has 0 spiro atoms. The van der Waals surface area contributed by atoms with Crippen LogP contribution in [0.3, 0.4) is 0 Å². The normalized spacial score (nSPS) is 8.93. The third-order valence-corrected chi connectivity index (χ3v) is 1.70. The minimum absolute atomic E-state index is 0.00618. The van der Waals surface area contributed by atoms with Crippen LogP contribution in [-0.4, -0.2) is 24.0 Å². The van der Waals surface area contributed by atoms with Gasteiger partial charge in [-0.3, -0.25) is 9.78 Å². The van der Waals surface area contributed by atoms with E-state index < -0.39 is 0 Å². The van der Waals surface area contributed by atoms with Gasteiger partial charge in [-0.1, -0.05) is 11.8 Å². The summed E-state index contributed by atoms with van der Waals surface area (Å²) < 4.78 is 0. The Morgan fingerprint density at radius 3 is 3.00 bits per heavy atom. The number of nitrogens with one attached hydrogen (secondary N) is 1. The summed E-state index contributed by atoms with van der Waals surface area (Å²) in [6, 6.07) is 3.78. The highest BCUT2D eigenvalue weighted by Crippen LogP contribution is 1.95. The predicted octanol–water partition coefficient (Wildman–Crippen LogP) is -0.184. The molecule has 4 nitrogen and oxygen atoms in total. The molecule has 1 aromatic heterocycles. The van der Waals surface area contributed by atoms with E-state index in [4.69, 9.17) is 5.73 Å². The van der Waals surface area contributed by atoms with Gasteiger partial charge >= 0.3 is 0 Å². The van der Waals surface area contributed by atoms with E-state index in [9.17, 15) is 4.79 Å². The van der Waals surface area contributed by atoms with Crippen molar-refractivity contribution in [2.45, 2.75) is 6.92 Å². The van der Waals surface area contributed by atoms with Gasteiger partial charge in [0.05, 0.1) is 13.1 Å². The number of nitrogens with zero attached hydrogens (tertiary/aromatic N) is 1. The van der Waals surface area contributed by atoms with Crippen molar-refractivity contribution in [3.05, 3.63) is 29.6 Å². The van der Waals surface area contributed by atoms with E-state index in [0.717, 1.165) is 11.3 Å². The molecule has 0 atom stereocenters. The lowest BCUT2D eigenvalue weighted by Crippen LogP contribution is -2.30. The van der Waals surface area contributed by atoms with Gasteiger partial charge in [0.25, 0.3) is 0 Å². The first-order chi connectivity index (χ1) is 7.22. The lowest BCUT2D eigenvalue weighted by atomic mass is 10.2. The Morgan fingerprint density at radius 1 is 1.60 bits per heavy atom. The van der Waals surface area contributed by atoms with Crippen molar-refractivity contribution in [1.82, 2.24) is 10.3 Å². The van der Waals surface area contributed by atoms with E-state index in [1.54, 1.807) is 6.20 Å². The highest BCUT2D eigenvalue weighted by atomic mass is 16.1. The van der Waals surface area contributed by atoms with Gasteiger partial charge in [-0.05, 0) is 19.1 Å². The van der Waals surface area contributed by atoms with E-state index in [2.05, 4.69) is 22.1 Å². The Bertz CT molecular complexity index is 387. The number of aromatic nitrogens is 1. The number of amides is 1. The van der Waals surface area contributed by atoms with Crippen LogP contribution in [0.4, 0.5) is 0 Å². The average molecular weight is 203 g/mol. The van der Waals surface area contributed by atoms with Crippen LogP contribution < -0.4 is 11.1 Å². The van der Waals surface area contributed by atoms with Gasteiger partial charge in [-0.2, -0.15) is 0 Å². The molecule has 3 N–H and O–H groups in total. The molecular weight excluding hydrogens is 190 g/mol. The van der Waals surface area contributed by atoms with Crippen molar-refractivity contribution >= 4 is 5.91 Å². The molecule has 1 rings (SSSR count). The zero-order valence-corrected chi connectivity index (χ0v) is 8.58. The molecule has 0 saturated carbocycles. The van der Waals surface area contributed by atoms with Crippen LogP contribution in [0.5, 0.6) is 0 Å². The molecule has 4 heteroatoms. The third-order valence-electron chi connectivity index (χ3n) is 1.70. The van der Waals surface area contributed by atoms with Gasteiger partial charge in [0.1, 0.15) is 0 Å². The number of carbonyl (C=O) groups excluding carboxylic acids is 1. The number of carbonyl (C=O) groups is 1. The molecule has 0 aliphatic rings. The summed E-state index contributed by atoms with van der Waals surface area (Å²) in [6.45, 7) is 2.22. The maximum atomic E-state index is 10.8. The lowest BCUT2D eigenvalue weighted by Gasteiger charge is -1.95. The van der Waals surface area contributed by atoms with Crippen LogP contribution in [0.2, 0.25) is 0 Å². The van der Waals surface area contributed by atoms with Gasteiger partial charge in [-0.25, -0.2) is 0 Å². The SMILES string of the molecule is Cc1ccc(C#CCNC(=O)CN)cn1. The summed E-state index contributed by atoms with van der Waals surface area (Å²) in [6.07, 6.45) is 1.70. The fourth-order valence-electron chi connectivity index (χ4n) is 0.903. The molecule has 15 heavy (non-hydrogen) atoms. The number of hydrogen-bond acceptors (Lipinski definition) is 3. The molecule has 0 aromatic carbocycles. The zero-order chi connectivity index (χ0) is 11.1. The van der Waals surface area contributed by atoms with Crippen LogP contribution in [0.1, 0.15) is 11.3 Å². The smallest absolute Gasteiger partial charge is 0.234 e. The summed E-state index contributed by atoms with van der Waals surface area (Å²) >= 11 is 0. The van der Waals surface area contributed by atoms with Crippen molar-refractivity contribution in [2.24, 2.45) is 5.73 Å². The Labute approximate surface area is 88.9 Å². The Balaban J connectivity index is 2.44. The van der Waals surface area contributed by atoms with Crippen molar-refractivity contribution in [3.63, 3.8) is 0 Å². The lowest BCUT2D eigenvalue weighted by molar-refractivity contribution is -0.119. The van der Waals surface area contributed by atoms with Gasteiger partial charge < -0.3 is 11.1 Å². The fraction of sp³-hybridized carbons (Fsp3) is 0.273.